The lowest BCUT2D eigenvalue weighted by Crippen LogP contribution is -2.30. The normalized spacial score (nSPS) is 12.5. The van der Waals surface area contributed by atoms with Crippen LogP contribution < -0.4 is 0 Å². The molecule has 17 heavy (non-hydrogen) atoms. The van der Waals surface area contributed by atoms with E-state index in [4.69, 9.17) is 17.3 Å². The fourth-order valence-corrected chi connectivity index (χ4v) is 2.67. The number of carbonyl (C=O) groups excluding carboxylic acids is 1. The van der Waals surface area contributed by atoms with E-state index in [1.54, 1.807) is 18.9 Å². The molecule has 0 aliphatic carbocycles. The van der Waals surface area contributed by atoms with E-state index < -0.39 is 0 Å². The third kappa shape index (κ3) is 4.57. The van der Waals surface area contributed by atoms with E-state index in [0.29, 0.717) is 23.3 Å². The van der Waals surface area contributed by atoms with Crippen molar-refractivity contribution in [3.05, 3.63) is 14.5 Å². The van der Waals surface area contributed by atoms with Crippen LogP contribution in [0.4, 0.5) is 0 Å². The molecule has 1 unspecified atom stereocenters. The maximum atomic E-state index is 11.9. The number of thiazole rings is 1. The number of hydrogen-bond donors (Lipinski definition) is 2. The smallest absolute Gasteiger partial charge is 0.227 e. The second kappa shape index (κ2) is 6.28. The molecule has 0 radical (unpaired) electrons. The molecule has 96 valence electrons. The molecule has 0 bridgehead atoms. The van der Waals surface area contributed by atoms with Gasteiger partial charge < -0.3 is 15.0 Å². The molecule has 1 heterocycles. The van der Waals surface area contributed by atoms with E-state index in [0.717, 1.165) is 10.6 Å². The number of H-pyrrole nitrogens is 1. The summed E-state index contributed by atoms with van der Waals surface area (Å²) >= 11 is 6.48. The minimum Gasteiger partial charge on any atom is -0.393 e. The van der Waals surface area contributed by atoms with Crippen LogP contribution in [-0.2, 0) is 11.2 Å². The van der Waals surface area contributed by atoms with Crippen LogP contribution in [-0.4, -0.2) is 40.6 Å². The van der Waals surface area contributed by atoms with Gasteiger partial charge in [0, 0.05) is 24.2 Å². The summed E-state index contributed by atoms with van der Waals surface area (Å²) in [7, 11) is 1.76. The molecule has 2 N–H and O–H groups in total. The number of aliphatic hydroxyl groups excluding tert-OH is 1. The van der Waals surface area contributed by atoms with Crippen LogP contribution in [0.2, 0.25) is 0 Å². The molecule has 0 aliphatic heterocycles. The summed E-state index contributed by atoms with van der Waals surface area (Å²) in [6.45, 7) is 4.22. The van der Waals surface area contributed by atoms with Crippen molar-refractivity contribution < 1.29 is 9.90 Å². The van der Waals surface area contributed by atoms with Crippen LogP contribution in [0.15, 0.2) is 0 Å². The summed E-state index contributed by atoms with van der Waals surface area (Å²) in [5.74, 6) is 0.0546. The van der Waals surface area contributed by atoms with E-state index in [1.807, 2.05) is 6.92 Å². The van der Waals surface area contributed by atoms with E-state index in [9.17, 15) is 4.79 Å². The number of likely N-dealkylation sites (N-methyl/N-ethyl adjacent to an activating group) is 1. The molecule has 1 amide bonds. The maximum Gasteiger partial charge on any atom is 0.227 e. The van der Waals surface area contributed by atoms with Gasteiger partial charge in [0.1, 0.15) is 0 Å². The molecule has 0 aromatic carbocycles. The minimum absolute atomic E-state index is 0.0546. The Kier molecular flexibility index (Phi) is 5.30. The van der Waals surface area contributed by atoms with E-state index in [2.05, 4.69) is 4.98 Å². The highest BCUT2D eigenvalue weighted by Crippen LogP contribution is 2.15. The zero-order valence-electron chi connectivity index (χ0n) is 10.3. The van der Waals surface area contributed by atoms with Gasteiger partial charge in [-0.3, -0.25) is 4.79 Å². The van der Waals surface area contributed by atoms with Gasteiger partial charge in [-0.25, -0.2) is 0 Å². The Balaban J connectivity index is 2.54. The average molecular weight is 274 g/mol. The molecular weight excluding hydrogens is 256 g/mol. The van der Waals surface area contributed by atoms with Gasteiger partial charge in [0.05, 0.1) is 12.5 Å². The summed E-state index contributed by atoms with van der Waals surface area (Å²) in [6.07, 6.45) is 0.602. The van der Waals surface area contributed by atoms with Crippen molar-refractivity contribution in [2.45, 2.75) is 32.8 Å². The second-order valence-corrected chi connectivity index (χ2v) is 5.96. The number of rotatable bonds is 5. The molecule has 1 aromatic heterocycles. The molecule has 0 saturated carbocycles. The van der Waals surface area contributed by atoms with Crippen LogP contribution in [0.3, 0.4) is 0 Å². The van der Waals surface area contributed by atoms with Gasteiger partial charge in [-0.15, -0.1) is 11.3 Å². The Labute approximate surface area is 110 Å². The standard InChI is InChI=1S/C11H18N2O2S2/c1-7(14)4-5-13(3)10(15)6-9-8(2)12-11(16)17-9/h7,14H,4-6H2,1-3H3,(H,12,16). The summed E-state index contributed by atoms with van der Waals surface area (Å²) in [4.78, 5) is 17.6. The highest BCUT2D eigenvalue weighted by molar-refractivity contribution is 7.73. The lowest BCUT2D eigenvalue weighted by atomic mass is 10.2. The maximum absolute atomic E-state index is 11.9. The van der Waals surface area contributed by atoms with Gasteiger partial charge in [-0.2, -0.15) is 0 Å². The third-order valence-corrected chi connectivity index (χ3v) is 3.88. The third-order valence-electron chi connectivity index (χ3n) is 2.54. The predicted octanol–water partition coefficient (Wildman–Crippen LogP) is 1.89. The van der Waals surface area contributed by atoms with E-state index >= 15 is 0 Å². The van der Waals surface area contributed by atoms with Crippen LogP contribution in [0.25, 0.3) is 0 Å². The van der Waals surface area contributed by atoms with Gasteiger partial charge in [0.25, 0.3) is 0 Å². The molecule has 0 saturated heterocycles. The Morgan fingerprint density at radius 2 is 2.29 bits per heavy atom. The Hall–Kier alpha value is -0.720. The fraction of sp³-hybridized carbons (Fsp3) is 0.636. The number of aliphatic hydroxyl groups is 1. The molecule has 1 aromatic rings. The van der Waals surface area contributed by atoms with E-state index in [1.165, 1.54) is 11.3 Å². The summed E-state index contributed by atoms with van der Waals surface area (Å²) in [6, 6.07) is 0. The number of aromatic amines is 1. The Bertz CT molecular complexity index is 437. The average Bonchev–Trinajstić information content (AvgIpc) is 2.53. The Morgan fingerprint density at radius 1 is 1.65 bits per heavy atom. The number of aromatic nitrogens is 1. The first kappa shape index (κ1) is 14.3. The van der Waals surface area contributed by atoms with Gasteiger partial charge in [0.2, 0.25) is 5.91 Å². The van der Waals surface area contributed by atoms with Gasteiger partial charge >= 0.3 is 0 Å². The molecule has 0 spiro atoms. The first-order valence-corrected chi connectivity index (χ1v) is 6.73. The number of aryl methyl sites for hydroxylation is 1. The Morgan fingerprint density at radius 3 is 2.76 bits per heavy atom. The first-order chi connectivity index (χ1) is 7.90. The summed E-state index contributed by atoms with van der Waals surface area (Å²) < 4.78 is 0.705. The molecule has 0 fully saturated rings. The molecule has 4 nitrogen and oxygen atoms in total. The zero-order valence-corrected chi connectivity index (χ0v) is 12.0. The summed E-state index contributed by atoms with van der Waals surface area (Å²) in [5.41, 5.74) is 0.970. The fourth-order valence-electron chi connectivity index (χ4n) is 1.38. The molecule has 1 atom stereocenters. The molecule has 0 aliphatic rings. The van der Waals surface area contributed by atoms with Crippen molar-refractivity contribution in [3.8, 4) is 0 Å². The predicted molar refractivity (Wildman–Crippen MR) is 71.9 cm³/mol. The van der Waals surface area contributed by atoms with Crippen molar-refractivity contribution in [1.29, 1.82) is 0 Å². The van der Waals surface area contributed by atoms with Crippen LogP contribution in [0, 0.1) is 10.9 Å². The zero-order chi connectivity index (χ0) is 13.0. The van der Waals surface area contributed by atoms with Crippen molar-refractivity contribution >= 4 is 29.5 Å². The van der Waals surface area contributed by atoms with Crippen molar-refractivity contribution in [1.82, 2.24) is 9.88 Å². The minimum atomic E-state index is -0.374. The lowest BCUT2D eigenvalue weighted by Gasteiger charge is -2.17. The number of amides is 1. The van der Waals surface area contributed by atoms with Crippen molar-refractivity contribution in [2.75, 3.05) is 13.6 Å². The van der Waals surface area contributed by atoms with Gasteiger partial charge in [-0.05, 0) is 32.5 Å². The van der Waals surface area contributed by atoms with Crippen molar-refractivity contribution in [2.24, 2.45) is 0 Å². The van der Waals surface area contributed by atoms with Crippen LogP contribution in [0.5, 0.6) is 0 Å². The number of carbonyl (C=O) groups is 1. The SMILES string of the molecule is Cc1[nH]c(=S)sc1CC(=O)N(C)CCC(C)O. The molecule has 6 heteroatoms. The summed E-state index contributed by atoms with van der Waals surface area (Å²) in [5, 5.41) is 9.17. The largest absolute Gasteiger partial charge is 0.393 e. The molecular formula is C11H18N2O2S2. The van der Waals surface area contributed by atoms with Crippen molar-refractivity contribution in [3.63, 3.8) is 0 Å². The second-order valence-electron chi connectivity index (χ2n) is 4.19. The quantitative estimate of drug-likeness (QED) is 0.806. The number of hydrogen-bond acceptors (Lipinski definition) is 4. The number of nitrogens with one attached hydrogen (secondary N) is 1. The topological polar surface area (TPSA) is 56.3 Å². The van der Waals surface area contributed by atoms with Crippen LogP contribution >= 0.6 is 23.6 Å². The highest BCUT2D eigenvalue weighted by Gasteiger charge is 2.13. The molecule has 1 rings (SSSR count). The lowest BCUT2D eigenvalue weighted by molar-refractivity contribution is -0.129. The van der Waals surface area contributed by atoms with Crippen LogP contribution in [0.1, 0.15) is 23.9 Å². The number of nitrogens with zero attached hydrogens (tertiary/aromatic N) is 1. The monoisotopic (exact) mass is 274 g/mol. The highest BCUT2D eigenvalue weighted by atomic mass is 32.1. The first-order valence-electron chi connectivity index (χ1n) is 5.50. The van der Waals surface area contributed by atoms with Gasteiger partial charge in [-0.1, -0.05) is 0 Å². The van der Waals surface area contributed by atoms with E-state index in [-0.39, 0.29) is 12.0 Å². The van der Waals surface area contributed by atoms with Gasteiger partial charge in [0.15, 0.2) is 3.95 Å².